The second-order valence-corrected chi connectivity index (χ2v) is 5.18. The topological polar surface area (TPSA) is 33.0 Å². The average molecular weight is 323 g/mol. The molecule has 0 atom stereocenters. The first-order chi connectivity index (χ1) is 10.7. The van der Waals surface area contributed by atoms with Crippen LogP contribution in [0.5, 0.6) is 5.75 Å². The number of benzene rings is 2. The summed E-state index contributed by atoms with van der Waals surface area (Å²) in [6.45, 7) is 3.50. The van der Waals surface area contributed by atoms with E-state index < -0.39 is 17.6 Å². The Kier molecular flexibility index (Phi) is 4.60. The molecule has 0 saturated heterocycles. The van der Waals surface area contributed by atoms with Gasteiger partial charge in [0.05, 0.1) is 17.2 Å². The zero-order valence-corrected chi connectivity index (χ0v) is 12.4. The zero-order chi connectivity index (χ0) is 17.2. The van der Waals surface area contributed by atoms with Crippen LogP contribution in [0.3, 0.4) is 0 Å². The van der Waals surface area contributed by atoms with Crippen molar-refractivity contribution < 1.29 is 22.3 Å². The molecule has 6 heteroatoms. The highest BCUT2D eigenvalue weighted by molar-refractivity contribution is 5.68. The quantitative estimate of drug-likeness (QED) is 0.730. The Labute approximate surface area is 130 Å². The van der Waals surface area contributed by atoms with E-state index in [-0.39, 0.29) is 28.5 Å². The third-order valence-electron chi connectivity index (χ3n) is 3.07. The van der Waals surface area contributed by atoms with Crippen molar-refractivity contribution in [3.05, 3.63) is 53.3 Å². The Bertz CT molecular complexity index is 760. The average Bonchev–Trinajstić information content (AvgIpc) is 2.46. The summed E-state index contributed by atoms with van der Waals surface area (Å²) in [5.41, 5.74) is -0.694. The van der Waals surface area contributed by atoms with Gasteiger partial charge in [0.25, 0.3) is 0 Å². The molecule has 23 heavy (non-hydrogen) atoms. The molecule has 0 spiro atoms. The standard InChI is InChI=1S/C17H13F4NO/c1-10(2)23-16-7-11(3-4-12(16)9-22)14-8-13(17(19,20)21)5-6-15(14)18/h3-8,10H,1-2H3. The molecule has 0 bridgehead atoms. The smallest absolute Gasteiger partial charge is 0.416 e. The number of nitriles is 1. The molecule has 0 fully saturated rings. The molecule has 0 aliphatic carbocycles. The van der Waals surface area contributed by atoms with E-state index in [2.05, 4.69) is 0 Å². The van der Waals surface area contributed by atoms with Crippen LogP contribution in [0.15, 0.2) is 36.4 Å². The van der Waals surface area contributed by atoms with Gasteiger partial charge >= 0.3 is 6.18 Å². The van der Waals surface area contributed by atoms with Gasteiger partial charge in [-0.25, -0.2) is 4.39 Å². The largest absolute Gasteiger partial charge is 0.490 e. The first-order valence-corrected chi connectivity index (χ1v) is 6.80. The van der Waals surface area contributed by atoms with E-state index in [1.54, 1.807) is 13.8 Å². The lowest BCUT2D eigenvalue weighted by Gasteiger charge is -2.14. The highest BCUT2D eigenvalue weighted by Crippen LogP contribution is 2.35. The van der Waals surface area contributed by atoms with Crippen molar-refractivity contribution in [1.29, 1.82) is 5.26 Å². The van der Waals surface area contributed by atoms with Crippen LogP contribution in [0.25, 0.3) is 11.1 Å². The van der Waals surface area contributed by atoms with Crippen LogP contribution in [0.2, 0.25) is 0 Å². The summed E-state index contributed by atoms with van der Waals surface area (Å²) >= 11 is 0. The zero-order valence-electron chi connectivity index (χ0n) is 12.4. The van der Waals surface area contributed by atoms with Gasteiger partial charge in [0.15, 0.2) is 0 Å². The van der Waals surface area contributed by atoms with E-state index >= 15 is 0 Å². The Morgan fingerprint density at radius 1 is 1.09 bits per heavy atom. The number of rotatable bonds is 3. The number of halogens is 4. The second-order valence-electron chi connectivity index (χ2n) is 5.18. The van der Waals surface area contributed by atoms with E-state index in [0.29, 0.717) is 6.07 Å². The van der Waals surface area contributed by atoms with Gasteiger partial charge in [-0.05, 0) is 49.7 Å². The van der Waals surface area contributed by atoms with E-state index in [1.165, 1.54) is 18.2 Å². The first kappa shape index (κ1) is 16.8. The SMILES string of the molecule is CC(C)Oc1cc(-c2cc(C(F)(F)F)ccc2F)ccc1C#N. The van der Waals surface area contributed by atoms with Crippen LogP contribution >= 0.6 is 0 Å². The van der Waals surface area contributed by atoms with Crippen molar-refractivity contribution >= 4 is 0 Å². The molecule has 0 aliphatic rings. The van der Waals surface area contributed by atoms with Crippen LogP contribution in [0.1, 0.15) is 25.0 Å². The van der Waals surface area contributed by atoms with E-state index in [9.17, 15) is 17.6 Å². The van der Waals surface area contributed by atoms with Gasteiger partial charge in [-0.3, -0.25) is 0 Å². The van der Waals surface area contributed by atoms with Crippen molar-refractivity contribution in [3.63, 3.8) is 0 Å². The lowest BCUT2D eigenvalue weighted by molar-refractivity contribution is -0.137. The Balaban J connectivity index is 2.56. The molecule has 2 nitrogen and oxygen atoms in total. The molecule has 0 amide bonds. The summed E-state index contributed by atoms with van der Waals surface area (Å²) < 4.78 is 57.8. The highest BCUT2D eigenvalue weighted by atomic mass is 19.4. The molecule has 2 aromatic carbocycles. The fourth-order valence-electron chi connectivity index (χ4n) is 2.06. The molecule has 0 aromatic heterocycles. The van der Waals surface area contributed by atoms with Crippen molar-refractivity contribution in [2.45, 2.75) is 26.1 Å². The summed E-state index contributed by atoms with van der Waals surface area (Å²) in [6.07, 6.45) is -4.80. The van der Waals surface area contributed by atoms with Crippen molar-refractivity contribution in [1.82, 2.24) is 0 Å². The fraction of sp³-hybridized carbons (Fsp3) is 0.235. The number of nitrogens with zero attached hydrogens (tertiary/aromatic N) is 1. The van der Waals surface area contributed by atoms with Crippen LogP contribution in [0.4, 0.5) is 17.6 Å². The summed E-state index contributed by atoms with van der Waals surface area (Å²) in [4.78, 5) is 0. The molecule has 0 saturated carbocycles. The Hall–Kier alpha value is -2.55. The minimum Gasteiger partial charge on any atom is -0.490 e. The minimum atomic E-state index is -4.56. The van der Waals surface area contributed by atoms with Crippen LogP contribution in [0, 0.1) is 17.1 Å². The van der Waals surface area contributed by atoms with Gasteiger partial charge in [-0.1, -0.05) is 6.07 Å². The maximum absolute atomic E-state index is 13.9. The van der Waals surface area contributed by atoms with Crippen molar-refractivity contribution in [3.8, 4) is 22.9 Å². The Morgan fingerprint density at radius 2 is 1.78 bits per heavy atom. The van der Waals surface area contributed by atoms with E-state index in [0.717, 1.165) is 12.1 Å². The second kappa shape index (κ2) is 6.29. The third kappa shape index (κ3) is 3.81. The third-order valence-corrected chi connectivity index (χ3v) is 3.07. The molecule has 0 aliphatic heterocycles. The molecular formula is C17H13F4NO. The molecule has 2 rings (SSSR count). The monoisotopic (exact) mass is 323 g/mol. The van der Waals surface area contributed by atoms with Gasteiger partial charge in [0, 0.05) is 5.56 Å². The lowest BCUT2D eigenvalue weighted by Crippen LogP contribution is -2.07. The summed E-state index contributed by atoms with van der Waals surface area (Å²) in [6, 6.07) is 8.30. The van der Waals surface area contributed by atoms with Crippen molar-refractivity contribution in [2.75, 3.05) is 0 Å². The molecule has 120 valence electrons. The normalized spacial score (nSPS) is 11.4. The van der Waals surface area contributed by atoms with E-state index in [4.69, 9.17) is 10.00 Å². The molecule has 0 N–H and O–H groups in total. The molecule has 0 radical (unpaired) electrons. The van der Waals surface area contributed by atoms with Gasteiger partial charge in [-0.15, -0.1) is 0 Å². The van der Waals surface area contributed by atoms with Gasteiger partial charge < -0.3 is 4.74 Å². The lowest BCUT2D eigenvalue weighted by atomic mass is 10.0. The Morgan fingerprint density at radius 3 is 2.35 bits per heavy atom. The number of alkyl halides is 3. The summed E-state index contributed by atoms with van der Waals surface area (Å²) in [7, 11) is 0. The first-order valence-electron chi connectivity index (χ1n) is 6.80. The maximum atomic E-state index is 13.9. The highest BCUT2D eigenvalue weighted by Gasteiger charge is 2.31. The summed E-state index contributed by atoms with van der Waals surface area (Å²) in [5.74, 6) is -0.574. The minimum absolute atomic E-state index is 0.196. The number of hydrogen-bond donors (Lipinski definition) is 0. The van der Waals surface area contributed by atoms with E-state index in [1.807, 2.05) is 6.07 Å². The maximum Gasteiger partial charge on any atom is 0.416 e. The molecule has 0 unspecified atom stereocenters. The number of hydrogen-bond acceptors (Lipinski definition) is 2. The summed E-state index contributed by atoms with van der Waals surface area (Å²) in [5, 5.41) is 9.05. The fourth-order valence-corrected chi connectivity index (χ4v) is 2.06. The van der Waals surface area contributed by atoms with Gasteiger partial charge in [0.1, 0.15) is 17.6 Å². The van der Waals surface area contributed by atoms with Crippen LogP contribution < -0.4 is 4.74 Å². The molecule has 2 aromatic rings. The van der Waals surface area contributed by atoms with Crippen molar-refractivity contribution in [2.24, 2.45) is 0 Å². The predicted molar refractivity (Wildman–Crippen MR) is 77.3 cm³/mol. The van der Waals surface area contributed by atoms with Crippen LogP contribution in [-0.4, -0.2) is 6.10 Å². The molecular weight excluding hydrogens is 310 g/mol. The van der Waals surface area contributed by atoms with Gasteiger partial charge in [0.2, 0.25) is 0 Å². The molecule has 0 heterocycles. The number of ether oxygens (including phenoxy) is 1. The van der Waals surface area contributed by atoms with Gasteiger partial charge in [-0.2, -0.15) is 18.4 Å². The van der Waals surface area contributed by atoms with Crippen LogP contribution in [-0.2, 0) is 6.18 Å². The predicted octanol–water partition coefficient (Wildman–Crippen LogP) is 5.17.